The number of hydrogen-bond acceptors (Lipinski definition) is 4. The molecule has 0 saturated heterocycles. The Labute approximate surface area is 159 Å². The molecule has 5 heteroatoms. The van der Waals surface area contributed by atoms with Crippen LogP contribution in [-0.2, 0) is 0 Å². The Kier molecular flexibility index (Phi) is 5.41. The monoisotopic (exact) mass is 361 g/mol. The fourth-order valence-corrected chi connectivity index (χ4v) is 2.72. The Morgan fingerprint density at radius 1 is 0.926 bits per heavy atom. The number of amides is 1. The number of nitrogens with zero attached hydrogens (tertiary/aromatic N) is 1. The maximum Gasteiger partial charge on any atom is 0.257 e. The van der Waals surface area contributed by atoms with Crippen LogP contribution in [0.3, 0.4) is 0 Å². The Balaban J connectivity index is 1.74. The third kappa shape index (κ3) is 4.44. The Bertz CT molecular complexity index is 966. The molecule has 3 rings (SSSR count). The molecule has 0 radical (unpaired) electrons. The van der Waals surface area contributed by atoms with Crippen molar-refractivity contribution >= 4 is 23.1 Å². The van der Waals surface area contributed by atoms with Crippen molar-refractivity contribution in [2.24, 2.45) is 0 Å². The Morgan fingerprint density at radius 2 is 1.63 bits per heavy atom. The van der Waals surface area contributed by atoms with Crippen molar-refractivity contribution in [1.82, 2.24) is 4.98 Å². The summed E-state index contributed by atoms with van der Waals surface area (Å²) in [5.74, 6) is 1.08. The van der Waals surface area contributed by atoms with E-state index < -0.39 is 0 Å². The zero-order valence-corrected chi connectivity index (χ0v) is 16.0. The van der Waals surface area contributed by atoms with E-state index >= 15 is 0 Å². The molecule has 0 fully saturated rings. The van der Waals surface area contributed by atoms with Gasteiger partial charge in [0.25, 0.3) is 5.91 Å². The zero-order valence-electron chi connectivity index (χ0n) is 16.0. The number of pyridine rings is 1. The first-order valence-corrected chi connectivity index (χ1v) is 8.72. The molecule has 0 bridgehead atoms. The second-order valence-electron chi connectivity index (χ2n) is 6.53. The fraction of sp³-hybridized carbons (Fsp3) is 0.182. The lowest BCUT2D eigenvalue weighted by Gasteiger charge is -2.12. The minimum Gasteiger partial charge on any atom is -0.495 e. The van der Waals surface area contributed by atoms with Gasteiger partial charge < -0.3 is 15.4 Å². The summed E-state index contributed by atoms with van der Waals surface area (Å²) in [6.45, 7) is 6.05. The van der Waals surface area contributed by atoms with Gasteiger partial charge in [-0.3, -0.25) is 4.79 Å². The van der Waals surface area contributed by atoms with Crippen LogP contribution in [0.2, 0.25) is 0 Å². The van der Waals surface area contributed by atoms with Crippen molar-refractivity contribution in [3.05, 3.63) is 77.0 Å². The van der Waals surface area contributed by atoms with E-state index in [2.05, 4.69) is 33.8 Å². The van der Waals surface area contributed by atoms with Gasteiger partial charge in [0, 0.05) is 11.9 Å². The molecule has 0 aliphatic carbocycles. The van der Waals surface area contributed by atoms with E-state index in [4.69, 9.17) is 4.74 Å². The predicted octanol–water partition coefficient (Wildman–Crippen LogP) is 5.01. The molecule has 0 aliphatic rings. The van der Waals surface area contributed by atoms with Crippen molar-refractivity contribution in [1.29, 1.82) is 0 Å². The van der Waals surface area contributed by atoms with Crippen molar-refractivity contribution in [3.8, 4) is 5.75 Å². The van der Waals surface area contributed by atoms with Gasteiger partial charge in [0.1, 0.15) is 11.6 Å². The van der Waals surface area contributed by atoms with Gasteiger partial charge in [-0.15, -0.1) is 0 Å². The zero-order chi connectivity index (χ0) is 19.4. The topological polar surface area (TPSA) is 63.2 Å². The molecular formula is C22H23N3O2. The van der Waals surface area contributed by atoms with Gasteiger partial charge >= 0.3 is 0 Å². The average molecular weight is 361 g/mol. The highest BCUT2D eigenvalue weighted by molar-refractivity contribution is 6.05. The minimum atomic E-state index is -0.232. The molecule has 0 aliphatic heterocycles. The van der Waals surface area contributed by atoms with Crippen LogP contribution in [-0.4, -0.2) is 18.0 Å². The summed E-state index contributed by atoms with van der Waals surface area (Å²) >= 11 is 0. The standard InChI is InChI=1S/C22H23N3O2/c1-14-5-7-16(3)18(11-14)24-21-10-8-17(13-23-21)22(26)25-19-12-15(2)6-9-20(19)27-4/h5-13H,1-4H3,(H,23,24)(H,25,26). The lowest BCUT2D eigenvalue weighted by molar-refractivity contribution is 0.102. The van der Waals surface area contributed by atoms with E-state index in [0.29, 0.717) is 22.8 Å². The minimum absolute atomic E-state index is 0.232. The third-order valence-corrected chi connectivity index (χ3v) is 4.28. The summed E-state index contributed by atoms with van der Waals surface area (Å²) in [4.78, 5) is 16.9. The molecule has 0 spiro atoms. The Hall–Kier alpha value is -3.34. The van der Waals surface area contributed by atoms with Gasteiger partial charge in [-0.1, -0.05) is 18.2 Å². The first-order valence-electron chi connectivity index (χ1n) is 8.72. The normalized spacial score (nSPS) is 10.4. The molecule has 1 amide bonds. The molecular weight excluding hydrogens is 338 g/mol. The van der Waals surface area contributed by atoms with Crippen LogP contribution >= 0.6 is 0 Å². The maximum absolute atomic E-state index is 12.5. The fourth-order valence-electron chi connectivity index (χ4n) is 2.72. The molecule has 138 valence electrons. The number of anilines is 3. The molecule has 1 heterocycles. The van der Waals surface area contributed by atoms with Gasteiger partial charge in [-0.05, 0) is 67.8 Å². The van der Waals surface area contributed by atoms with Gasteiger partial charge in [-0.2, -0.15) is 0 Å². The van der Waals surface area contributed by atoms with Gasteiger partial charge in [-0.25, -0.2) is 4.98 Å². The summed E-state index contributed by atoms with van der Waals surface area (Å²) in [6.07, 6.45) is 1.56. The highest BCUT2D eigenvalue weighted by Crippen LogP contribution is 2.26. The first kappa shape index (κ1) is 18.5. The van der Waals surface area contributed by atoms with Crippen molar-refractivity contribution < 1.29 is 9.53 Å². The lowest BCUT2D eigenvalue weighted by Crippen LogP contribution is -2.13. The van der Waals surface area contributed by atoms with E-state index in [1.54, 1.807) is 25.4 Å². The predicted molar refractivity (Wildman–Crippen MR) is 109 cm³/mol. The molecule has 27 heavy (non-hydrogen) atoms. The van der Waals surface area contributed by atoms with Crippen molar-refractivity contribution in [2.75, 3.05) is 17.7 Å². The molecule has 0 atom stereocenters. The highest BCUT2D eigenvalue weighted by Gasteiger charge is 2.11. The van der Waals surface area contributed by atoms with Gasteiger partial charge in [0.15, 0.2) is 0 Å². The van der Waals surface area contributed by atoms with E-state index in [-0.39, 0.29) is 5.91 Å². The van der Waals surface area contributed by atoms with Crippen LogP contribution in [0, 0.1) is 20.8 Å². The number of aryl methyl sites for hydroxylation is 3. The van der Waals surface area contributed by atoms with Crippen molar-refractivity contribution in [2.45, 2.75) is 20.8 Å². The number of carbonyl (C=O) groups excluding carboxylic acids is 1. The highest BCUT2D eigenvalue weighted by atomic mass is 16.5. The first-order chi connectivity index (χ1) is 13.0. The quantitative estimate of drug-likeness (QED) is 0.670. The van der Waals surface area contributed by atoms with Crippen LogP contribution in [0.1, 0.15) is 27.0 Å². The van der Waals surface area contributed by atoms with Crippen LogP contribution in [0.4, 0.5) is 17.2 Å². The molecule has 0 saturated carbocycles. The molecule has 0 unspecified atom stereocenters. The number of carbonyl (C=O) groups is 1. The van der Waals surface area contributed by atoms with Crippen LogP contribution in [0.15, 0.2) is 54.7 Å². The van der Waals surface area contributed by atoms with E-state index in [1.807, 2.05) is 39.0 Å². The molecule has 2 aromatic carbocycles. The number of nitrogens with one attached hydrogen (secondary N) is 2. The van der Waals surface area contributed by atoms with Gasteiger partial charge in [0.05, 0.1) is 18.4 Å². The molecule has 1 aromatic heterocycles. The number of methoxy groups -OCH3 is 1. The Morgan fingerprint density at radius 3 is 2.30 bits per heavy atom. The largest absolute Gasteiger partial charge is 0.495 e. The molecule has 3 aromatic rings. The second-order valence-corrected chi connectivity index (χ2v) is 6.53. The second kappa shape index (κ2) is 7.91. The van der Waals surface area contributed by atoms with Crippen LogP contribution in [0.5, 0.6) is 5.75 Å². The maximum atomic E-state index is 12.5. The summed E-state index contributed by atoms with van der Waals surface area (Å²) in [6, 6.07) is 15.4. The summed E-state index contributed by atoms with van der Waals surface area (Å²) in [7, 11) is 1.58. The number of hydrogen-bond donors (Lipinski definition) is 2. The number of benzene rings is 2. The number of rotatable bonds is 5. The summed E-state index contributed by atoms with van der Waals surface area (Å²) in [5, 5.41) is 6.17. The van der Waals surface area contributed by atoms with Gasteiger partial charge in [0.2, 0.25) is 0 Å². The van der Waals surface area contributed by atoms with E-state index in [0.717, 1.165) is 16.8 Å². The number of aromatic nitrogens is 1. The lowest BCUT2D eigenvalue weighted by atomic mass is 10.1. The molecule has 5 nitrogen and oxygen atoms in total. The number of ether oxygens (including phenoxy) is 1. The summed E-state index contributed by atoms with van der Waals surface area (Å²) < 4.78 is 5.30. The molecule has 2 N–H and O–H groups in total. The van der Waals surface area contributed by atoms with E-state index in [1.165, 1.54) is 5.56 Å². The third-order valence-electron chi connectivity index (χ3n) is 4.28. The van der Waals surface area contributed by atoms with Crippen molar-refractivity contribution in [3.63, 3.8) is 0 Å². The SMILES string of the molecule is COc1ccc(C)cc1NC(=O)c1ccc(Nc2cc(C)ccc2C)nc1. The van der Waals surface area contributed by atoms with E-state index in [9.17, 15) is 4.79 Å². The summed E-state index contributed by atoms with van der Waals surface area (Å²) in [5.41, 5.74) is 5.47. The van der Waals surface area contributed by atoms with Crippen LogP contribution in [0.25, 0.3) is 0 Å². The van der Waals surface area contributed by atoms with Crippen LogP contribution < -0.4 is 15.4 Å². The average Bonchev–Trinajstić information content (AvgIpc) is 2.65. The smallest absolute Gasteiger partial charge is 0.257 e.